The molecule has 0 bridgehead atoms. The van der Waals surface area contributed by atoms with Crippen molar-refractivity contribution >= 4 is 0 Å². The Bertz CT molecular complexity index is 476. The molecule has 0 amide bonds. The second-order valence-electron chi connectivity index (χ2n) is 11.7. The maximum Gasteiger partial charge on any atom is 0.0897 e. The summed E-state index contributed by atoms with van der Waals surface area (Å²) >= 11 is 0. The minimum atomic E-state index is -0.548. The standard InChI is InChI=1S/C22H48N4O3/c1-19(2,13-23)14-25-16-20(3,4)15-24-11-17(27)12-29-18-9-21(5,6)26(28)22(7,8)10-18/h17-18,24-25,27-28H,9-16,23H2,1-8H3. The highest BCUT2D eigenvalue weighted by atomic mass is 16.5. The third-order valence-electron chi connectivity index (χ3n) is 5.87. The summed E-state index contributed by atoms with van der Waals surface area (Å²) in [7, 11) is 0. The Labute approximate surface area is 178 Å². The van der Waals surface area contributed by atoms with Crippen LogP contribution in [0.2, 0.25) is 0 Å². The maximum absolute atomic E-state index is 10.4. The molecule has 0 aromatic rings. The van der Waals surface area contributed by atoms with Gasteiger partial charge in [-0.25, -0.2) is 0 Å². The molecule has 1 saturated heterocycles. The molecule has 0 saturated carbocycles. The Morgan fingerprint density at radius 2 is 1.48 bits per heavy atom. The van der Waals surface area contributed by atoms with Crippen molar-refractivity contribution in [1.29, 1.82) is 0 Å². The molecular weight excluding hydrogens is 368 g/mol. The minimum Gasteiger partial charge on any atom is -0.389 e. The maximum atomic E-state index is 10.4. The second kappa shape index (κ2) is 10.4. The zero-order valence-corrected chi connectivity index (χ0v) is 20.1. The number of aliphatic hydroxyl groups is 1. The molecule has 29 heavy (non-hydrogen) atoms. The van der Waals surface area contributed by atoms with Crippen LogP contribution in [0.1, 0.15) is 68.2 Å². The van der Waals surface area contributed by atoms with E-state index in [0.29, 0.717) is 19.7 Å². The molecule has 0 spiro atoms. The summed E-state index contributed by atoms with van der Waals surface area (Å²) in [5, 5.41) is 29.0. The van der Waals surface area contributed by atoms with Crippen molar-refractivity contribution in [2.75, 3.05) is 39.3 Å². The lowest BCUT2D eigenvalue weighted by molar-refractivity contribution is -0.262. The number of piperidine rings is 1. The molecule has 1 heterocycles. The van der Waals surface area contributed by atoms with Crippen molar-refractivity contribution in [2.24, 2.45) is 16.6 Å². The van der Waals surface area contributed by atoms with Gasteiger partial charge in [0.25, 0.3) is 0 Å². The van der Waals surface area contributed by atoms with Crippen LogP contribution in [0.4, 0.5) is 0 Å². The van der Waals surface area contributed by atoms with Gasteiger partial charge in [-0.05, 0) is 57.9 Å². The van der Waals surface area contributed by atoms with Gasteiger partial charge in [-0.1, -0.05) is 27.7 Å². The Morgan fingerprint density at radius 3 is 2.00 bits per heavy atom. The third kappa shape index (κ3) is 9.17. The van der Waals surface area contributed by atoms with E-state index in [9.17, 15) is 10.3 Å². The lowest BCUT2D eigenvalue weighted by atomic mass is 9.80. The van der Waals surface area contributed by atoms with Gasteiger partial charge in [0.15, 0.2) is 0 Å². The quantitative estimate of drug-likeness (QED) is 0.331. The molecule has 0 radical (unpaired) electrons. The highest BCUT2D eigenvalue weighted by Gasteiger charge is 2.45. The van der Waals surface area contributed by atoms with Crippen LogP contribution in [0.25, 0.3) is 0 Å². The van der Waals surface area contributed by atoms with E-state index in [1.807, 2.05) is 27.7 Å². The first kappa shape index (κ1) is 26.8. The summed E-state index contributed by atoms with van der Waals surface area (Å²) in [6, 6.07) is 0. The summed E-state index contributed by atoms with van der Waals surface area (Å²) in [5.74, 6) is 0. The fraction of sp³-hybridized carbons (Fsp3) is 1.00. The molecule has 0 aliphatic carbocycles. The number of hydrogen-bond donors (Lipinski definition) is 5. The summed E-state index contributed by atoms with van der Waals surface area (Å²) in [6.45, 7) is 20.9. The molecule has 1 atom stereocenters. The van der Waals surface area contributed by atoms with E-state index in [1.165, 1.54) is 5.06 Å². The number of rotatable bonds is 12. The highest BCUT2D eigenvalue weighted by molar-refractivity contribution is 4.96. The Balaban J connectivity index is 2.31. The smallest absolute Gasteiger partial charge is 0.0897 e. The Kier molecular flexibility index (Phi) is 9.55. The minimum absolute atomic E-state index is 0.0320. The van der Waals surface area contributed by atoms with Crippen molar-refractivity contribution in [3.63, 3.8) is 0 Å². The van der Waals surface area contributed by atoms with Crippen molar-refractivity contribution in [3.05, 3.63) is 0 Å². The van der Waals surface area contributed by atoms with Gasteiger partial charge in [-0.3, -0.25) is 0 Å². The molecule has 1 fully saturated rings. The SMILES string of the molecule is CC(C)(CN)CNCC(C)(C)CNCC(O)COC1CC(C)(C)N(O)C(C)(C)C1. The first-order valence-corrected chi connectivity index (χ1v) is 11.0. The normalized spacial score (nSPS) is 22.0. The van der Waals surface area contributed by atoms with Gasteiger partial charge in [0.05, 0.1) is 18.8 Å². The van der Waals surface area contributed by atoms with Crippen LogP contribution in [0.3, 0.4) is 0 Å². The topological polar surface area (TPSA) is 103 Å². The van der Waals surface area contributed by atoms with E-state index in [1.54, 1.807) is 0 Å². The Hall–Kier alpha value is -0.280. The van der Waals surface area contributed by atoms with Crippen LogP contribution in [-0.4, -0.2) is 78.0 Å². The second-order valence-corrected chi connectivity index (χ2v) is 11.7. The number of aliphatic hydroxyl groups excluding tert-OH is 1. The predicted octanol–water partition coefficient (Wildman–Crippen LogP) is 1.97. The van der Waals surface area contributed by atoms with Gasteiger partial charge in [-0.15, -0.1) is 0 Å². The predicted molar refractivity (Wildman–Crippen MR) is 119 cm³/mol. The summed E-state index contributed by atoms with van der Waals surface area (Å²) < 4.78 is 6.01. The van der Waals surface area contributed by atoms with Crippen LogP contribution in [-0.2, 0) is 4.74 Å². The van der Waals surface area contributed by atoms with Crippen LogP contribution < -0.4 is 16.4 Å². The first-order valence-electron chi connectivity index (χ1n) is 11.0. The van der Waals surface area contributed by atoms with Gasteiger partial charge in [-0.2, -0.15) is 5.06 Å². The van der Waals surface area contributed by atoms with Crippen molar-refractivity contribution in [3.8, 4) is 0 Å². The number of hydrogen-bond acceptors (Lipinski definition) is 7. The van der Waals surface area contributed by atoms with Gasteiger partial charge < -0.3 is 31.4 Å². The van der Waals surface area contributed by atoms with Crippen LogP contribution in [0.5, 0.6) is 0 Å². The van der Waals surface area contributed by atoms with Crippen LogP contribution in [0.15, 0.2) is 0 Å². The van der Waals surface area contributed by atoms with Crippen molar-refractivity contribution in [2.45, 2.75) is 91.5 Å². The molecule has 6 N–H and O–H groups in total. The molecule has 1 aliphatic heterocycles. The third-order valence-corrected chi connectivity index (χ3v) is 5.87. The van der Waals surface area contributed by atoms with Gasteiger partial charge >= 0.3 is 0 Å². The van der Waals surface area contributed by atoms with Gasteiger partial charge in [0.1, 0.15) is 0 Å². The zero-order chi connectivity index (χ0) is 22.5. The molecule has 1 unspecified atom stereocenters. The van der Waals surface area contributed by atoms with Crippen LogP contribution >= 0.6 is 0 Å². The molecule has 7 heteroatoms. The van der Waals surface area contributed by atoms with E-state index in [4.69, 9.17) is 10.5 Å². The van der Waals surface area contributed by atoms with Crippen LogP contribution in [0, 0.1) is 10.8 Å². The van der Waals surface area contributed by atoms with E-state index in [2.05, 4.69) is 38.3 Å². The molecular formula is C22H48N4O3. The largest absolute Gasteiger partial charge is 0.389 e. The summed E-state index contributed by atoms with van der Waals surface area (Å²) in [5.41, 5.74) is 5.28. The fourth-order valence-corrected chi connectivity index (χ4v) is 4.05. The number of nitrogens with zero attached hydrogens (tertiary/aromatic N) is 1. The summed E-state index contributed by atoms with van der Waals surface area (Å²) in [6.07, 6.45) is 0.966. The lowest BCUT2D eigenvalue weighted by Gasteiger charge is -2.51. The number of nitrogens with two attached hydrogens (primary N) is 1. The zero-order valence-electron chi connectivity index (χ0n) is 20.1. The molecule has 1 rings (SSSR count). The molecule has 174 valence electrons. The summed E-state index contributed by atoms with van der Waals surface area (Å²) in [4.78, 5) is 0. The van der Waals surface area contributed by atoms with E-state index >= 15 is 0 Å². The molecule has 0 aromatic heterocycles. The average Bonchev–Trinajstić information content (AvgIpc) is 2.57. The highest BCUT2D eigenvalue weighted by Crippen LogP contribution is 2.37. The monoisotopic (exact) mass is 416 g/mol. The Morgan fingerprint density at radius 1 is 1.00 bits per heavy atom. The van der Waals surface area contributed by atoms with E-state index < -0.39 is 6.10 Å². The first-order chi connectivity index (χ1) is 13.1. The molecule has 0 aromatic carbocycles. The molecule has 7 nitrogen and oxygen atoms in total. The number of nitrogens with one attached hydrogen (secondary N) is 2. The lowest BCUT2D eigenvalue weighted by Crippen LogP contribution is -2.60. The fourth-order valence-electron chi connectivity index (χ4n) is 4.05. The van der Waals surface area contributed by atoms with Crippen molar-refractivity contribution < 1.29 is 15.1 Å². The molecule has 1 aliphatic rings. The van der Waals surface area contributed by atoms with Crippen molar-refractivity contribution in [1.82, 2.24) is 15.7 Å². The van der Waals surface area contributed by atoms with Gasteiger partial charge in [0.2, 0.25) is 0 Å². The average molecular weight is 417 g/mol. The number of hydroxylamine groups is 2. The number of ether oxygens (including phenoxy) is 1. The van der Waals surface area contributed by atoms with E-state index in [-0.39, 0.29) is 28.0 Å². The van der Waals surface area contributed by atoms with Gasteiger partial charge in [0, 0.05) is 37.3 Å². The van der Waals surface area contributed by atoms with E-state index in [0.717, 1.165) is 32.5 Å².